The number of hydrogen-bond donors (Lipinski definition) is 1. The predicted molar refractivity (Wildman–Crippen MR) is 62.1 cm³/mol. The maximum absolute atomic E-state index is 13.4. The molecule has 15 heavy (non-hydrogen) atoms. The van der Waals surface area contributed by atoms with E-state index in [1.807, 2.05) is 18.0 Å². The van der Waals surface area contributed by atoms with Gasteiger partial charge in [0.25, 0.3) is 0 Å². The van der Waals surface area contributed by atoms with Gasteiger partial charge in [-0.05, 0) is 26.1 Å². The van der Waals surface area contributed by atoms with E-state index < -0.39 is 6.10 Å². The molecule has 0 amide bonds. The lowest BCUT2D eigenvalue weighted by Crippen LogP contribution is -2.27. The van der Waals surface area contributed by atoms with E-state index in [0.717, 1.165) is 4.47 Å². The van der Waals surface area contributed by atoms with E-state index in [2.05, 4.69) is 15.9 Å². The standard InChI is InChI=1S/C11H15BrFNO/c1-8(15)6-14(2)7-9-3-4-10(12)5-11(9)13/h3-5,8,15H,6-7H2,1-2H3. The summed E-state index contributed by atoms with van der Waals surface area (Å²) in [6.07, 6.45) is -0.395. The molecule has 0 saturated carbocycles. The SMILES string of the molecule is CC(O)CN(C)Cc1ccc(Br)cc1F. The van der Waals surface area contributed by atoms with Crippen LogP contribution in [0.5, 0.6) is 0 Å². The quantitative estimate of drug-likeness (QED) is 0.912. The summed E-state index contributed by atoms with van der Waals surface area (Å²) in [5.74, 6) is -0.221. The Morgan fingerprint density at radius 1 is 1.53 bits per heavy atom. The summed E-state index contributed by atoms with van der Waals surface area (Å²) in [5, 5.41) is 9.17. The van der Waals surface area contributed by atoms with Crippen LogP contribution in [0.25, 0.3) is 0 Å². The van der Waals surface area contributed by atoms with Crippen LogP contribution in [-0.4, -0.2) is 29.7 Å². The highest BCUT2D eigenvalue weighted by atomic mass is 79.9. The lowest BCUT2D eigenvalue weighted by atomic mass is 10.2. The molecule has 0 heterocycles. The summed E-state index contributed by atoms with van der Waals surface area (Å²) in [6, 6.07) is 5.01. The van der Waals surface area contributed by atoms with Gasteiger partial charge in [-0.15, -0.1) is 0 Å². The van der Waals surface area contributed by atoms with Gasteiger partial charge in [-0.1, -0.05) is 22.0 Å². The third-order valence-corrected chi connectivity index (χ3v) is 2.52. The van der Waals surface area contributed by atoms with E-state index in [9.17, 15) is 9.50 Å². The maximum Gasteiger partial charge on any atom is 0.128 e. The molecule has 1 atom stereocenters. The zero-order valence-corrected chi connectivity index (χ0v) is 10.5. The Labute approximate surface area is 97.8 Å². The van der Waals surface area contributed by atoms with Crippen LogP contribution in [0.15, 0.2) is 22.7 Å². The van der Waals surface area contributed by atoms with Crippen LogP contribution < -0.4 is 0 Å². The summed E-state index contributed by atoms with van der Waals surface area (Å²) in [4.78, 5) is 1.89. The molecule has 1 N–H and O–H groups in total. The molecule has 1 unspecified atom stereocenters. The average Bonchev–Trinajstić information content (AvgIpc) is 2.08. The van der Waals surface area contributed by atoms with E-state index >= 15 is 0 Å². The Kier molecular flexibility index (Phi) is 4.70. The van der Waals surface area contributed by atoms with Crippen LogP contribution in [0, 0.1) is 5.82 Å². The first kappa shape index (κ1) is 12.6. The highest BCUT2D eigenvalue weighted by Crippen LogP contribution is 2.16. The molecule has 0 aromatic heterocycles. The second-order valence-corrected chi connectivity index (χ2v) is 4.70. The van der Waals surface area contributed by atoms with Crippen molar-refractivity contribution in [2.75, 3.05) is 13.6 Å². The van der Waals surface area contributed by atoms with Gasteiger partial charge in [-0.2, -0.15) is 0 Å². The first-order valence-electron chi connectivity index (χ1n) is 4.79. The van der Waals surface area contributed by atoms with Gasteiger partial charge in [0.15, 0.2) is 0 Å². The van der Waals surface area contributed by atoms with Gasteiger partial charge in [0.05, 0.1) is 6.10 Å². The molecule has 1 aromatic rings. The minimum atomic E-state index is -0.395. The minimum absolute atomic E-state index is 0.221. The lowest BCUT2D eigenvalue weighted by Gasteiger charge is -2.18. The Morgan fingerprint density at radius 2 is 2.20 bits per heavy atom. The van der Waals surface area contributed by atoms with E-state index in [1.54, 1.807) is 13.0 Å². The van der Waals surface area contributed by atoms with Crippen molar-refractivity contribution in [3.8, 4) is 0 Å². The van der Waals surface area contributed by atoms with E-state index in [0.29, 0.717) is 18.7 Å². The van der Waals surface area contributed by atoms with Crippen LogP contribution in [-0.2, 0) is 6.54 Å². The number of aliphatic hydroxyl groups is 1. The van der Waals surface area contributed by atoms with Gasteiger partial charge in [0.1, 0.15) is 5.82 Å². The van der Waals surface area contributed by atoms with Gasteiger partial charge in [-0.25, -0.2) is 4.39 Å². The molecule has 0 fully saturated rings. The molecule has 0 spiro atoms. The van der Waals surface area contributed by atoms with E-state index in [-0.39, 0.29) is 5.82 Å². The normalized spacial score (nSPS) is 13.2. The molecule has 0 aliphatic heterocycles. The van der Waals surface area contributed by atoms with Crippen LogP contribution in [0.4, 0.5) is 4.39 Å². The Hall–Kier alpha value is -0.450. The molecule has 1 rings (SSSR count). The topological polar surface area (TPSA) is 23.5 Å². The Bertz CT molecular complexity index is 330. The van der Waals surface area contributed by atoms with Crippen molar-refractivity contribution in [3.05, 3.63) is 34.1 Å². The number of aliphatic hydroxyl groups excluding tert-OH is 1. The van der Waals surface area contributed by atoms with Gasteiger partial charge in [-0.3, -0.25) is 4.90 Å². The smallest absolute Gasteiger partial charge is 0.128 e. The van der Waals surface area contributed by atoms with Crippen molar-refractivity contribution < 1.29 is 9.50 Å². The molecule has 0 aliphatic carbocycles. The van der Waals surface area contributed by atoms with Crippen molar-refractivity contribution in [1.82, 2.24) is 4.90 Å². The highest BCUT2D eigenvalue weighted by molar-refractivity contribution is 9.10. The van der Waals surface area contributed by atoms with Crippen LogP contribution in [0.3, 0.4) is 0 Å². The zero-order chi connectivity index (χ0) is 11.4. The van der Waals surface area contributed by atoms with Gasteiger partial charge < -0.3 is 5.11 Å². The molecular formula is C11H15BrFNO. The fraction of sp³-hybridized carbons (Fsp3) is 0.455. The second kappa shape index (κ2) is 5.58. The van der Waals surface area contributed by atoms with E-state index in [4.69, 9.17) is 0 Å². The maximum atomic E-state index is 13.4. The first-order valence-corrected chi connectivity index (χ1v) is 5.59. The number of benzene rings is 1. The average molecular weight is 276 g/mol. The Morgan fingerprint density at radius 3 is 2.73 bits per heavy atom. The highest BCUT2D eigenvalue weighted by Gasteiger charge is 2.07. The van der Waals surface area contributed by atoms with Gasteiger partial charge in [0, 0.05) is 23.1 Å². The molecular weight excluding hydrogens is 261 g/mol. The molecule has 0 saturated heterocycles. The first-order chi connectivity index (χ1) is 6.99. The number of hydrogen-bond acceptors (Lipinski definition) is 2. The fourth-order valence-electron chi connectivity index (χ4n) is 1.46. The summed E-state index contributed by atoms with van der Waals surface area (Å²) >= 11 is 3.21. The second-order valence-electron chi connectivity index (χ2n) is 3.78. The lowest BCUT2D eigenvalue weighted by molar-refractivity contribution is 0.137. The minimum Gasteiger partial charge on any atom is -0.392 e. The molecule has 0 radical (unpaired) electrons. The largest absolute Gasteiger partial charge is 0.392 e. The Balaban J connectivity index is 2.64. The monoisotopic (exact) mass is 275 g/mol. The molecule has 4 heteroatoms. The molecule has 2 nitrogen and oxygen atoms in total. The summed E-state index contributed by atoms with van der Waals surface area (Å²) in [6.45, 7) is 2.76. The molecule has 84 valence electrons. The van der Waals surface area contributed by atoms with Gasteiger partial charge >= 0.3 is 0 Å². The summed E-state index contributed by atoms with van der Waals surface area (Å²) < 4.78 is 14.2. The van der Waals surface area contributed by atoms with E-state index in [1.165, 1.54) is 6.07 Å². The zero-order valence-electron chi connectivity index (χ0n) is 8.87. The van der Waals surface area contributed by atoms with Crippen molar-refractivity contribution in [2.45, 2.75) is 19.6 Å². The number of halogens is 2. The van der Waals surface area contributed by atoms with Crippen molar-refractivity contribution in [2.24, 2.45) is 0 Å². The number of rotatable bonds is 4. The molecule has 1 aromatic carbocycles. The van der Waals surface area contributed by atoms with Crippen molar-refractivity contribution in [1.29, 1.82) is 0 Å². The molecule has 0 aliphatic rings. The fourth-order valence-corrected chi connectivity index (χ4v) is 1.79. The third-order valence-electron chi connectivity index (χ3n) is 2.03. The van der Waals surface area contributed by atoms with Crippen molar-refractivity contribution in [3.63, 3.8) is 0 Å². The van der Waals surface area contributed by atoms with Gasteiger partial charge in [0.2, 0.25) is 0 Å². The number of nitrogens with zero attached hydrogens (tertiary/aromatic N) is 1. The van der Waals surface area contributed by atoms with Crippen molar-refractivity contribution >= 4 is 15.9 Å². The summed E-state index contributed by atoms with van der Waals surface area (Å²) in [5.41, 5.74) is 0.640. The molecule has 0 bridgehead atoms. The van der Waals surface area contributed by atoms with Crippen LogP contribution in [0.1, 0.15) is 12.5 Å². The number of likely N-dealkylation sites (N-methyl/N-ethyl adjacent to an activating group) is 1. The van der Waals surface area contributed by atoms with Crippen LogP contribution >= 0.6 is 15.9 Å². The third kappa shape index (κ3) is 4.28. The summed E-state index contributed by atoms with van der Waals surface area (Å²) in [7, 11) is 1.86. The predicted octanol–water partition coefficient (Wildman–Crippen LogP) is 2.40. The van der Waals surface area contributed by atoms with Crippen LogP contribution in [0.2, 0.25) is 0 Å².